The molecule has 1 aromatic rings. The van der Waals surface area contributed by atoms with Crippen LogP contribution in [0.3, 0.4) is 0 Å². The van der Waals surface area contributed by atoms with Gasteiger partial charge in [0.1, 0.15) is 5.82 Å². The molecule has 2 N–H and O–H groups in total. The molecule has 0 saturated heterocycles. The minimum atomic E-state index is -0.433. The fraction of sp³-hybridized carbons (Fsp3) is 0.500. The maximum absolute atomic E-state index is 12.8. The van der Waals surface area contributed by atoms with Gasteiger partial charge < -0.3 is 10.5 Å². The van der Waals surface area contributed by atoms with E-state index in [1.807, 2.05) is 13.8 Å². The van der Waals surface area contributed by atoms with Crippen molar-refractivity contribution in [3.63, 3.8) is 0 Å². The van der Waals surface area contributed by atoms with Gasteiger partial charge in [-0.15, -0.1) is 0 Å². The van der Waals surface area contributed by atoms with Gasteiger partial charge in [-0.05, 0) is 38.0 Å². The predicted octanol–water partition coefficient (Wildman–Crippen LogP) is 2.77. The Morgan fingerprint density at radius 1 is 1.50 bits per heavy atom. The molecule has 0 aromatic heterocycles. The van der Waals surface area contributed by atoms with Crippen molar-refractivity contribution in [2.45, 2.75) is 31.9 Å². The second-order valence-electron chi connectivity index (χ2n) is 4.35. The third-order valence-corrected chi connectivity index (χ3v) is 3.23. The minimum Gasteiger partial charge on any atom is -0.377 e. The van der Waals surface area contributed by atoms with E-state index >= 15 is 0 Å². The number of hydrogen-bond donors (Lipinski definition) is 1. The number of methoxy groups -OCH3 is 1. The van der Waals surface area contributed by atoms with Crippen LogP contribution in [0.4, 0.5) is 4.39 Å². The van der Waals surface area contributed by atoms with Gasteiger partial charge >= 0.3 is 0 Å². The summed E-state index contributed by atoms with van der Waals surface area (Å²) in [5.41, 5.74) is 6.42. The number of ether oxygens (including phenoxy) is 1. The molecule has 0 amide bonds. The maximum Gasteiger partial charge on any atom is 0.124 e. The number of halogens is 2. The SMILES string of the molecule is COC(C)(C)C(N)Cc1ccc(F)cc1Cl. The molecule has 4 heteroatoms. The van der Waals surface area contributed by atoms with E-state index in [2.05, 4.69) is 0 Å². The van der Waals surface area contributed by atoms with Crippen LogP contribution in [0.15, 0.2) is 18.2 Å². The van der Waals surface area contributed by atoms with Crippen molar-refractivity contribution in [2.24, 2.45) is 5.73 Å². The molecule has 1 unspecified atom stereocenters. The van der Waals surface area contributed by atoms with E-state index in [-0.39, 0.29) is 11.9 Å². The van der Waals surface area contributed by atoms with Crippen molar-refractivity contribution in [1.82, 2.24) is 0 Å². The van der Waals surface area contributed by atoms with Gasteiger partial charge in [-0.1, -0.05) is 17.7 Å². The number of nitrogens with two attached hydrogens (primary N) is 1. The van der Waals surface area contributed by atoms with Crippen molar-refractivity contribution in [3.05, 3.63) is 34.6 Å². The van der Waals surface area contributed by atoms with Crippen LogP contribution in [0.25, 0.3) is 0 Å². The van der Waals surface area contributed by atoms with Crippen LogP contribution < -0.4 is 5.73 Å². The molecular formula is C12H17ClFNO. The fourth-order valence-electron chi connectivity index (χ4n) is 1.32. The first-order valence-electron chi connectivity index (χ1n) is 5.11. The second-order valence-corrected chi connectivity index (χ2v) is 4.76. The molecule has 0 aliphatic carbocycles. The van der Waals surface area contributed by atoms with Crippen LogP contribution in [0, 0.1) is 5.82 Å². The van der Waals surface area contributed by atoms with E-state index in [0.717, 1.165) is 5.56 Å². The van der Waals surface area contributed by atoms with Crippen molar-refractivity contribution < 1.29 is 9.13 Å². The van der Waals surface area contributed by atoms with Crippen LogP contribution in [0.1, 0.15) is 19.4 Å². The van der Waals surface area contributed by atoms with E-state index in [1.54, 1.807) is 13.2 Å². The van der Waals surface area contributed by atoms with E-state index in [4.69, 9.17) is 22.1 Å². The van der Waals surface area contributed by atoms with Crippen molar-refractivity contribution >= 4 is 11.6 Å². The largest absolute Gasteiger partial charge is 0.377 e. The lowest BCUT2D eigenvalue weighted by molar-refractivity contribution is 0.000810. The molecule has 0 bridgehead atoms. The van der Waals surface area contributed by atoms with Gasteiger partial charge in [0.25, 0.3) is 0 Å². The lowest BCUT2D eigenvalue weighted by Gasteiger charge is -2.30. The number of rotatable bonds is 4. The molecule has 0 saturated carbocycles. The zero-order valence-electron chi connectivity index (χ0n) is 9.76. The quantitative estimate of drug-likeness (QED) is 0.885. The summed E-state index contributed by atoms with van der Waals surface area (Å²) in [7, 11) is 1.62. The summed E-state index contributed by atoms with van der Waals surface area (Å²) in [6, 6.07) is 4.14. The minimum absolute atomic E-state index is 0.194. The molecule has 1 rings (SSSR count). The van der Waals surface area contributed by atoms with E-state index in [1.165, 1.54) is 12.1 Å². The predicted molar refractivity (Wildman–Crippen MR) is 64.2 cm³/mol. The average molecular weight is 246 g/mol. The molecule has 0 aliphatic rings. The monoisotopic (exact) mass is 245 g/mol. The zero-order valence-corrected chi connectivity index (χ0v) is 10.5. The topological polar surface area (TPSA) is 35.2 Å². The highest BCUT2D eigenvalue weighted by atomic mass is 35.5. The molecular weight excluding hydrogens is 229 g/mol. The molecule has 0 heterocycles. The van der Waals surface area contributed by atoms with Crippen LogP contribution in [0.5, 0.6) is 0 Å². The molecule has 1 aromatic carbocycles. The summed E-state index contributed by atoms with van der Waals surface area (Å²) in [5.74, 6) is -0.340. The van der Waals surface area contributed by atoms with Crippen LogP contribution >= 0.6 is 11.6 Å². The molecule has 0 aliphatic heterocycles. The first-order valence-corrected chi connectivity index (χ1v) is 5.49. The number of benzene rings is 1. The Bertz CT molecular complexity index is 368. The molecule has 2 nitrogen and oxygen atoms in total. The molecule has 1 atom stereocenters. The third-order valence-electron chi connectivity index (χ3n) is 2.87. The molecule has 0 spiro atoms. The molecule has 90 valence electrons. The number of hydrogen-bond acceptors (Lipinski definition) is 2. The summed E-state index contributed by atoms with van der Waals surface area (Å²) in [5, 5.41) is 0.405. The Morgan fingerprint density at radius 2 is 2.12 bits per heavy atom. The van der Waals surface area contributed by atoms with Gasteiger partial charge in [0, 0.05) is 18.2 Å². The van der Waals surface area contributed by atoms with E-state index < -0.39 is 5.60 Å². The second kappa shape index (κ2) is 5.13. The Morgan fingerprint density at radius 3 is 2.62 bits per heavy atom. The lowest BCUT2D eigenvalue weighted by Crippen LogP contribution is -2.46. The summed E-state index contributed by atoms with van der Waals surface area (Å²) in [6.07, 6.45) is 0.556. The first-order chi connectivity index (χ1) is 7.36. The summed E-state index contributed by atoms with van der Waals surface area (Å²) >= 11 is 5.93. The molecule has 16 heavy (non-hydrogen) atoms. The Kier molecular flexibility index (Phi) is 4.30. The Balaban J connectivity index is 2.81. The van der Waals surface area contributed by atoms with E-state index in [9.17, 15) is 4.39 Å². The van der Waals surface area contributed by atoms with Crippen molar-refractivity contribution in [3.8, 4) is 0 Å². The van der Waals surface area contributed by atoms with Gasteiger partial charge in [0.15, 0.2) is 0 Å². The summed E-state index contributed by atoms with van der Waals surface area (Å²) < 4.78 is 18.1. The summed E-state index contributed by atoms with van der Waals surface area (Å²) in [4.78, 5) is 0. The van der Waals surface area contributed by atoms with Crippen LogP contribution in [-0.4, -0.2) is 18.8 Å². The average Bonchev–Trinajstić information content (AvgIpc) is 2.22. The van der Waals surface area contributed by atoms with Crippen molar-refractivity contribution in [1.29, 1.82) is 0 Å². The normalized spacial score (nSPS) is 13.9. The van der Waals surface area contributed by atoms with Crippen LogP contribution in [0.2, 0.25) is 5.02 Å². The highest BCUT2D eigenvalue weighted by Gasteiger charge is 2.26. The Hall–Kier alpha value is -0.640. The maximum atomic E-state index is 12.8. The molecule has 0 fully saturated rings. The smallest absolute Gasteiger partial charge is 0.124 e. The highest BCUT2D eigenvalue weighted by Crippen LogP contribution is 2.22. The highest BCUT2D eigenvalue weighted by molar-refractivity contribution is 6.31. The van der Waals surface area contributed by atoms with Gasteiger partial charge in [-0.3, -0.25) is 0 Å². The van der Waals surface area contributed by atoms with Gasteiger partial charge in [0.05, 0.1) is 5.60 Å². The van der Waals surface area contributed by atoms with Crippen molar-refractivity contribution in [2.75, 3.05) is 7.11 Å². The van der Waals surface area contributed by atoms with E-state index in [0.29, 0.717) is 11.4 Å². The van der Waals surface area contributed by atoms with Crippen LogP contribution in [-0.2, 0) is 11.2 Å². The summed E-state index contributed by atoms with van der Waals surface area (Å²) in [6.45, 7) is 3.82. The van der Waals surface area contributed by atoms with Gasteiger partial charge in [0.2, 0.25) is 0 Å². The zero-order chi connectivity index (χ0) is 12.3. The van der Waals surface area contributed by atoms with Gasteiger partial charge in [-0.2, -0.15) is 0 Å². The van der Waals surface area contributed by atoms with Gasteiger partial charge in [-0.25, -0.2) is 4.39 Å². The third kappa shape index (κ3) is 3.17. The fourth-order valence-corrected chi connectivity index (χ4v) is 1.57. The standard InChI is InChI=1S/C12H17ClFNO/c1-12(2,16-3)11(15)6-8-4-5-9(14)7-10(8)13/h4-5,7,11H,6,15H2,1-3H3. The molecule has 0 radical (unpaired) electrons. The first kappa shape index (κ1) is 13.4. The lowest BCUT2D eigenvalue weighted by atomic mass is 9.93. The Labute approximate surface area is 101 Å².